The van der Waals surface area contributed by atoms with Crippen LogP contribution < -0.4 is 5.32 Å². The lowest BCUT2D eigenvalue weighted by Gasteiger charge is -2.24. The highest BCUT2D eigenvalue weighted by Gasteiger charge is 2.39. The Labute approximate surface area is 165 Å². The van der Waals surface area contributed by atoms with E-state index < -0.39 is 0 Å². The fraction of sp³-hybridized carbons (Fsp3) is 0.286. The molecule has 1 aliphatic rings. The number of nitrogens with zero attached hydrogens (tertiary/aromatic N) is 4. The molecule has 1 fully saturated rings. The maximum Gasteiger partial charge on any atom is 0.169 e. The van der Waals surface area contributed by atoms with Crippen molar-refractivity contribution in [1.29, 1.82) is 0 Å². The summed E-state index contributed by atoms with van der Waals surface area (Å²) in [5.41, 5.74) is 6.03. The molecule has 1 aliphatic heterocycles. The zero-order valence-corrected chi connectivity index (χ0v) is 16.6. The van der Waals surface area contributed by atoms with Crippen LogP contribution in [0.5, 0.6) is 0 Å². The first-order chi connectivity index (χ1) is 13.1. The molecule has 138 valence electrons. The van der Waals surface area contributed by atoms with E-state index in [0.29, 0.717) is 0 Å². The van der Waals surface area contributed by atoms with Gasteiger partial charge in [-0.1, -0.05) is 6.07 Å². The number of likely N-dealkylation sites (N-methyl/N-ethyl adjacent to an activating group) is 1. The van der Waals surface area contributed by atoms with Crippen LogP contribution in [0.15, 0.2) is 55.0 Å². The lowest BCUT2D eigenvalue weighted by molar-refractivity contribution is 0.366. The van der Waals surface area contributed by atoms with Crippen LogP contribution in [0, 0.1) is 13.8 Å². The van der Waals surface area contributed by atoms with Crippen LogP contribution in [-0.4, -0.2) is 31.6 Å². The summed E-state index contributed by atoms with van der Waals surface area (Å²) in [4.78, 5) is 10.8. The highest BCUT2D eigenvalue weighted by atomic mass is 32.1. The maximum absolute atomic E-state index is 5.56. The van der Waals surface area contributed by atoms with Crippen LogP contribution in [0.1, 0.15) is 40.3 Å². The molecular weight excluding hydrogens is 354 g/mol. The van der Waals surface area contributed by atoms with Crippen molar-refractivity contribution in [2.45, 2.75) is 32.5 Å². The predicted molar refractivity (Wildman–Crippen MR) is 110 cm³/mol. The topological polar surface area (TPSA) is 46.0 Å². The number of thiocarbonyl (C=S) groups is 1. The zero-order chi connectivity index (χ0) is 19.0. The van der Waals surface area contributed by atoms with Gasteiger partial charge in [0.1, 0.15) is 0 Å². The number of rotatable bonds is 4. The molecule has 4 heterocycles. The van der Waals surface area contributed by atoms with E-state index in [-0.39, 0.29) is 12.1 Å². The van der Waals surface area contributed by atoms with Crippen molar-refractivity contribution in [3.8, 4) is 0 Å². The molecule has 1 N–H and O–H groups in total. The Morgan fingerprint density at radius 1 is 1.11 bits per heavy atom. The van der Waals surface area contributed by atoms with Gasteiger partial charge in [-0.3, -0.25) is 9.97 Å². The zero-order valence-electron chi connectivity index (χ0n) is 15.8. The second kappa shape index (κ2) is 7.12. The molecule has 0 radical (unpaired) electrons. The summed E-state index contributed by atoms with van der Waals surface area (Å²) in [6.07, 6.45) is 5.52. The number of hydrogen-bond acceptors (Lipinski definition) is 3. The van der Waals surface area contributed by atoms with E-state index in [1.165, 1.54) is 22.5 Å². The van der Waals surface area contributed by atoms with E-state index in [1.54, 1.807) is 0 Å². The van der Waals surface area contributed by atoms with Crippen LogP contribution >= 0.6 is 12.2 Å². The van der Waals surface area contributed by atoms with E-state index in [2.05, 4.69) is 69.9 Å². The first kappa shape index (κ1) is 17.7. The lowest BCUT2D eigenvalue weighted by Crippen LogP contribution is -2.25. The molecule has 0 unspecified atom stereocenters. The SMILES string of the molecule is Cc1cc([C@H]2[C@H](c3ccccn3)NC(=S)N2C)c(C)n1Cc1ccncc1. The normalized spacial score (nSPS) is 19.4. The van der Waals surface area contributed by atoms with Gasteiger partial charge in [0.15, 0.2) is 5.11 Å². The van der Waals surface area contributed by atoms with Crippen molar-refractivity contribution in [3.05, 3.63) is 83.2 Å². The third-order valence-electron chi connectivity index (χ3n) is 5.36. The van der Waals surface area contributed by atoms with Gasteiger partial charge in [0.25, 0.3) is 0 Å². The minimum absolute atomic E-state index is 0.0403. The molecule has 0 amide bonds. The van der Waals surface area contributed by atoms with Crippen molar-refractivity contribution in [3.63, 3.8) is 0 Å². The van der Waals surface area contributed by atoms with Crippen molar-refractivity contribution in [2.75, 3.05) is 7.05 Å². The molecular formula is C21H23N5S. The number of aryl methyl sites for hydroxylation is 1. The Morgan fingerprint density at radius 2 is 1.89 bits per heavy atom. The molecule has 3 aromatic heterocycles. The van der Waals surface area contributed by atoms with Crippen LogP contribution in [-0.2, 0) is 6.54 Å². The van der Waals surface area contributed by atoms with Crippen LogP contribution in [0.3, 0.4) is 0 Å². The van der Waals surface area contributed by atoms with E-state index >= 15 is 0 Å². The number of aromatic nitrogens is 3. The third-order valence-corrected chi connectivity index (χ3v) is 5.77. The van der Waals surface area contributed by atoms with Crippen molar-refractivity contribution < 1.29 is 0 Å². The van der Waals surface area contributed by atoms with E-state index in [9.17, 15) is 0 Å². The standard InChI is InChI=1S/C21H23N5S/c1-14-12-17(15(2)26(14)13-16-7-10-22-11-8-16)20-19(24-21(27)25(20)3)18-6-4-5-9-23-18/h4-12,19-20H,13H2,1-3H3,(H,24,27)/t19-,20-/m0/s1. The Morgan fingerprint density at radius 3 is 2.59 bits per heavy atom. The molecule has 3 aromatic rings. The van der Waals surface area contributed by atoms with Crippen molar-refractivity contribution in [1.82, 2.24) is 24.8 Å². The Kier molecular flexibility index (Phi) is 4.66. The molecule has 5 nitrogen and oxygen atoms in total. The second-order valence-corrected chi connectivity index (χ2v) is 7.39. The fourth-order valence-corrected chi connectivity index (χ4v) is 4.13. The third kappa shape index (κ3) is 3.21. The maximum atomic E-state index is 5.56. The molecule has 4 rings (SSSR count). The van der Waals surface area contributed by atoms with Gasteiger partial charge in [0.05, 0.1) is 17.8 Å². The molecule has 0 spiro atoms. The van der Waals surface area contributed by atoms with E-state index in [1.807, 2.05) is 30.7 Å². The van der Waals surface area contributed by atoms with Gasteiger partial charge in [0.2, 0.25) is 0 Å². The summed E-state index contributed by atoms with van der Waals surface area (Å²) >= 11 is 5.56. The van der Waals surface area contributed by atoms with Crippen LogP contribution in [0.4, 0.5) is 0 Å². The molecule has 27 heavy (non-hydrogen) atoms. The van der Waals surface area contributed by atoms with Crippen molar-refractivity contribution in [2.24, 2.45) is 0 Å². The lowest BCUT2D eigenvalue weighted by atomic mass is 9.97. The van der Waals surface area contributed by atoms with Crippen LogP contribution in [0.25, 0.3) is 0 Å². The molecule has 0 bridgehead atoms. The van der Waals surface area contributed by atoms with Gasteiger partial charge < -0.3 is 14.8 Å². The number of nitrogens with one attached hydrogen (secondary N) is 1. The van der Waals surface area contributed by atoms with Crippen molar-refractivity contribution >= 4 is 17.3 Å². The monoisotopic (exact) mass is 377 g/mol. The molecule has 1 saturated heterocycles. The molecule has 0 aromatic carbocycles. The highest BCUT2D eigenvalue weighted by molar-refractivity contribution is 7.80. The van der Waals surface area contributed by atoms with Gasteiger partial charge >= 0.3 is 0 Å². The minimum Gasteiger partial charge on any atom is -0.352 e. The quantitative estimate of drug-likeness (QED) is 0.705. The van der Waals surface area contributed by atoms with Gasteiger partial charge in [-0.05, 0) is 67.5 Å². The second-order valence-electron chi connectivity index (χ2n) is 7.01. The average molecular weight is 378 g/mol. The first-order valence-corrected chi connectivity index (χ1v) is 9.47. The average Bonchev–Trinajstić information content (AvgIpc) is 3.13. The summed E-state index contributed by atoms with van der Waals surface area (Å²) in [5, 5.41) is 4.21. The molecule has 2 atom stereocenters. The van der Waals surface area contributed by atoms with Gasteiger partial charge in [-0.25, -0.2) is 0 Å². The summed E-state index contributed by atoms with van der Waals surface area (Å²) < 4.78 is 2.36. The smallest absolute Gasteiger partial charge is 0.169 e. The summed E-state index contributed by atoms with van der Waals surface area (Å²) in [7, 11) is 2.05. The van der Waals surface area contributed by atoms with Gasteiger partial charge in [-0.15, -0.1) is 0 Å². The largest absolute Gasteiger partial charge is 0.352 e. The molecule has 0 aliphatic carbocycles. The predicted octanol–water partition coefficient (Wildman–Crippen LogP) is 3.55. The van der Waals surface area contributed by atoms with Gasteiger partial charge in [0, 0.05) is 43.6 Å². The Bertz CT molecular complexity index is 951. The van der Waals surface area contributed by atoms with E-state index in [4.69, 9.17) is 12.2 Å². The highest BCUT2D eigenvalue weighted by Crippen LogP contribution is 2.39. The number of pyridine rings is 2. The molecule has 6 heteroatoms. The summed E-state index contributed by atoms with van der Waals surface area (Å²) in [6.45, 7) is 5.19. The Balaban J connectivity index is 1.73. The summed E-state index contributed by atoms with van der Waals surface area (Å²) in [5.74, 6) is 0. The van der Waals surface area contributed by atoms with E-state index in [0.717, 1.165) is 17.4 Å². The fourth-order valence-electron chi connectivity index (χ4n) is 3.89. The number of hydrogen-bond donors (Lipinski definition) is 1. The van der Waals surface area contributed by atoms with Gasteiger partial charge in [-0.2, -0.15) is 0 Å². The van der Waals surface area contributed by atoms with Crippen LogP contribution in [0.2, 0.25) is 0 Å². The summed E-state index contributed by atoms with van der Waals surface area (Å²) in [6, 6.07) is 12.6. The first-order valence-electron chi connectivity index (χ1n) is 9.06. The Hall–Kier alpha value is -2.73. The molecule has 0 saturated carbocycles. The minimum atomic E-state index is 0.0403.